The molecule has 0 aliphatic heterocycles. The van der Waals surface area contributed by atoms with E-state index in [1.165, 1.54) is 6.92 Å². The van der Waals surface area contributed by atoms with E-state index in [1.807, 2.05) is 13.0 Å². The summed E-state index contributed by atoms with van der Waals surface area (Å²) in [6.07, 6.45) is 4.66. The molecule has 0 N–H and O–H groups in total. The van der Waals surface area contributed by atoms with Crippen LogP contribution in [0.4, 0.5) is 4.39 Å². The van der Waals surface area contributed by atoms with Crippen molar-refractivity contribution >= 4 is 28.4 Å². The van der Waals surface area contributed by atoms with E-state index in [-0.39, 0.29) is 34.4 Å². The summed E-state index contributed by atoms with van der Waals surface area (Å²) in [5.41, 5.74) is 0.772. The quantitative estimate of drug-likeness (QED) is 0.659. The number of Topliss-reactive ketones (excluding diaryl/α,β-unsaturated/α-hetero) is 1. The summed E-state index contributed by atoms with van der Waals surface area (Å²) in [7, 11) is 0. The van der Waals surface area contributed by atoms with Gasteiger partial charge in [-0.15, -0.1) is 0 Å². The van der Waals surface area contributed by atoms with Crippen molar-refractivity contribution in [3.63, 3.8) is 0 Å². The molecule has 0 spiro atoms. The van der Waals surface area contributed by atoms with E-state index in [0.29, 0.717) is 24.2 Å². The molecule has 0 heterocycles. The Morgan fingerprint density at radius 1 is 1.30 bits per heavy atom. The Balaban J connectivity index is 1.80. The molecular formula is C22H25FO3S. The Morgan fingerprint density at radius 2 is 2.00 bits per heavy atom. The zero-order valence-electron chi connectivity index (χ0n) is 16.0. The number of rotatable bonds is 1. The normalized spacial score (nSPS) is 43.5. The van der Waals surface area contributed by atoms with Crippen LogP contribution in [0.2, 0.25) is 0 Å². The van der Waals surface area contributed by atoms with E-state index >= 15 is 0 Å². The van der Waals surface area contributed by atoms with Crippen LogP contribution in [-0.4, -0.2) is 22.9 Å². The number of carbonyl (C=O) groups excluding carboxylic acids is 3. The van der Waals surface area contributed by atoms with Crippen LogP contribution in [0, 0.1) is 28.6 Å². The van der Waals surface area contributed by atoms with Crippen molar-refractivity contribution < 1.29 is 18.8 Å². The molecule has 0 saturated heterocycles. The van der Waals surface area contributed by atoms with Crippen LogP contribution in [0.5, 0.6) is 0 Å². The monoisotopic (exact) mass is 388 g/mol. The molecule has 3 nitrogen and oxygen atoms in total. The lowest BCUT2D eigenvalue weighted by atomic mass is 9.48. The van der Waals surface area contributed by atoms with E-state index in [0.717, 1.165) is 29.3 Å². The van der Waals surface area contributed by atoms with Gasteiger partial charge in [0.25, 0.3) is 0 Å². The number of hydrogen-bond acceptors (Lipinski definition) is 4. The summed E-state index contributed by atoms with van der Waals surface area (Å²) in [4.78, 5) is 37.2. The van der Waals surface area contributed by atoms with E-state index in [9.17, 15) is 18.8 Å². The van der Waals surface area contributed by atoms with Crippen molar-refractivity contribution in [3.05, 3.63) is 34.8 Å². The summed E-state index contributed by atoms with van der Waals surface area (Å²) in [5, 5.41) is -0.115. The van der Waals surface area contributed by atoms with E-state index in [1.54, 1.807) is 6.08 Å². The molecule has 0 aromatic carbocycles. The summed E-state index contributed by atoms with van der Waals surface area (Å²) < 4.78 is 14.3. The molecule has 0 unspecified atom stereocenters. The maximum Gasteiger partial charge on any atom is 0.192 e. The molecule has 4 aliphatic carbocycles. The van der Waals surface area contributed by atoms with Gasteiger partial charge >= 0.3 is 0 Å². The van der Waals surface area contributed by atoms with Gasteiger partial charge in [0, 0.05) is 17.8 Å². The predicted molar refractivity (Wildman–Crippen MR) is 104 cm³/mol. The number of halogens is 1. The maximum absolute atomic E-state index is 14.3. The van der Waals surface area contributed by atoms with Gasteiger partial charge in [-0.25, -0.2) is 4.39 Å². The van der Waals surface area contributed by atoms with E-state index < -0.39 is 17.0 Å². The van der Waals surface area contributed by atoms with Crippen molar-refractivity contribution in [2.24, 2.45) is 28.6 Å². The van der Waals surface area contributed by atoms with Gasteiger partial charge in [0.1, 0.15) is 0 Å². The minimum Gasteiger partial charge on any atom is -0.296 e. The molecule has 0 bridgehead atoms. The summed E-state index contributed by atoms with van der Waals surface area (Å²) in [5.74, 6) is 0.0501. The molecule has 27 heavy (non-hydrogen) atoms. The second-order valence-corrected chi connectivity index (χ2v) is 10.2. The second-order valence-electron chi connectivity index (χ2n) is 8.99. The Kier molecular flexibility index (Phi) is 4.19. The smallest absolute Gasteiger partial charge is 0.192 e. The average molecular weight is 389 g/mol. The molecule has 6 atom stereocenters. The zero-order chi connectivity index (χ0) is 19.7. The Bertz CT molecular complexity index is 840. The van der Waals surface area contributed by atoms with Gasteiger partial charge in [-0.2, -0.15) is 0 Å². The first-order valence-corrected chi connectivity index (χ1v) is 10.4. The van der Waals surface area contributed by atoms with E-state index in [2.05, 4.69) is 13.5 Å². The van der Waals surface area contributed by atoms with Gasteiger partial charge in [0.05, 0.1) is 4.91 Å². The first kappa shape index (κ1) is 18.9. The fourth-order valence-electron chi connectivity index (χ4n) is 6.32. The van der Waals surface area contributed by atoms with Crippen molar-refractivity contribution in [2.45, 2.75) is 52.6 Å². The maximum atomic E-state index is 14.3. The molecule has 0 radical (unpaired) electrons. The van der Waals surface area contributed by atoms with Gasteiger partial charge in [-0.1, -0.05) is 26.5 Å². The summed E-state index contributed by atoms with van der Waals surface area (Å²) in [6.45, 7) is 9.77. The molecule has 0 aromatic heterocycles. The van der Waals surface area contributed by atoms with Crippen LogP contribution in [-0.2, 0) is 14.4 Å². The Morgan fingerprint density at radius 3 is 2.67 bits per heavy atom. The minimum atomic E-state index is -1.36. The molecule has 4 aliphatic rings. The predicted octanol–water partition coefficient (Wildman–Crippen LogP) is 4.58. The molecular weight excluding hydrogens is 363 g/mol. The molecule has 5 heteroatoms. The highest BCUT2D eigenvalue weighted by molar-refractivity contribution is 8.17. The fraction of sp³-hybridized carbons (Fsp3) is 0.591. The number of hydrogen-bond donors (Lipinski definition) is 0. The van der Waals surface area contributed by atoms with Gasteiger partial charge in [0.15, 0.2) is 22.9 Å². The second kappa shape index (κ2) is 6.00. The Hall–Kier alpha value is -1.49. The summed E-state index contributed by atoms with van der Waals surface area (Å²) >= 11 is 0.995. The highest BCUT2D eigenvalue weighted by Crippen LogP contribution is 2.65. The van der Waals surface area contributed by atoms with E-state index in [4.69, 9.17) is 0 Å². The number of ketones is 2. The lowest BCUT2D eigenvalue weighted by Crippen LogP contribution is -2.50. The van der Waals surface area contributed by atoms with Gasteiger partial charge in [-0.05, 0) is 72.4 Å². The van der Waals surface area contributed by atoms with Gasteiger partial charge in [-0.3, -0.25) is 14.4 Å². The molecule has 4 rings (SSSR count). The largest absolute Gasteiger partial charge is 0.296 e. The van der Waals surface area contributed by atoms with Crippen LogP contribution >= 0.6 is 11.8 Å². The number of carbonyl (C=O) groups is 3. The lowest BCUT2D eigenvalue weighted by molar-refractivity contribution is -0.134. The first-order chi connectivity index (χ1) is 12.6. The van der Waals surface area contributed by atoms with Crippen LogP contribution < -0.4 is 0 Å². The number of allylic oxidation sites excluding steroid dienone is 5. The van der Waals surface area contributed by atoms with Crippen molar-refractivity contribution in [2.75, 3.05) is 0 Å². The number of thioether (sulfide) groups is 1. The fourth-order valence-corrected chi connectivity index (χ4v) is 7.25. The molecule has 0 aromatic rings. The molecule has 144 valence electrons. The number of fused-ring (bicyclic) bond motifs is 5. The van der Waals surface area contributed by atoms with Crippen LogP contribution in [0.3, 0.4) is 0 Å². The van der Waals surface area contributed by atoms with Crippen molar-refractivity contribution in [1.82, 2.24) is 0 Å². The average Bonchev–Trinajstić information content (AvgIpc) is 2.82. The molecule has 0 amide bonds. The molecule has 3 saturated carbocycles. The van der Waals surface area contributed by atoms with Gasteiger partial charge in [0.2, 0.25) is 0 Å². The van der Waals surface area contributed by atoms with Crippen molar-refractivity contribution in [1.29, 1.82) is 0 Å². The zero-order valence-corrected chi connectivity index (χ0v) is 16.8. The topological polar surface area (TPSA) is 51.2 Å². The first-order valence-electron chi connectivity index (χ1n) is 9.63. The lowest BCUT2D eigenvalue weighted by Gasteiger charge is -2.56. The Labute approximate surface area is 163 Å². The standard InChI is InChI=1S/C22H25FO3S/c1-11-9-13-14(5-7-22(4)15(13)10-16(23)20(22)26)21(3)8-6-17(25)19(18(11)21)27-12(2)24/h6,8,13-16H,1,5,7,9-10H2,2-4H3/t13-,14+,15+,16+,21-,22+/m1/s1. The van der Waals surface area contributed by atoms with Crippen LogP contribution in [0.1, 0.15) is 46.5 Å². The third kappa shape index (κ3) is 2.50. The van der Waals surface area contributed by atoms with Gasteiger partial charge < -0.3 is 0 Å². The van der Waals surface area contributed by atoms with Crippen LogP contribution in [0.15, 0.2) is 34.8 Å². The summed E-state index contributed by atoms with van der Waals surface area (Å²) in [6, 6.07) is 0. The SMILES string of the molecule is C=C1C[C@@H]2[C@H](CC[C@]3(C)C(=O)[C@@H](F)C[C@@H]23)[C@@]2(C)C=CC(=O)C(SC(C)=O)=C12. The third-order valence-electron chi connectivity index (χ3n) is 7.56. The number of alkyl halides is 1. The highest BCUT2D eigenvalue weighted by Gasteiger charge is 2.62. The van der Waals surface area contributed by atoms with Crippen molar-refractivity contribution in [3.8, 4) is 0 Å². The molecule has 3 fully saturated rings. The minimum absolute atomic E-state index is 0.0174. The highest BCUT2D eigenvalue weighted by atomic mass is 32.2. The third-order valence-corrected chi connectivity index (χ3v) is 8.45. The van der Waals surface area contributed by atoms with Crippen LogP contribution in [0.25, 0.3) is 0 Å².